The molecule has 0 saturated carbocycles. The number of rotatable bonds is 9. The number of amides is 2. The summed E-state index contributed by atoms with van der Waals surface area (Å²) in [6.07, 6.45) is 0.775. The Morgan fingerprint density at radius 1 is 1.07 bits per heavy atom. The monoisotopic (exact) mass is 633 g/mol. The van der Waals surface area contributed by atoms with Crippen molar-refractivity contribution in [1.29, 1.82) is 0 Å². The molecule has 2 aliphatic heterocycles. The molecule has 1 fully saturated rings. The van der Waals surface area contributed by atoms with Crippen LogP contribution in [0.2, 0.25) is 0 Å². The van der Waals surface area contributed by atoms with Crippen molar-refractivity contribution in [2.45, 2.75) is 31.3 Å². The maximum Gasteiger partial charge on any atom is 0.300 e. The molecule has 0 radical (unpaired) electrons. The normalized spacial score (nSPS) is 15.1. The zero-order chi connectivity index (χ0) is 32.1. The van der Waals surface area contributed by atoms with Crippen LogP contribution in [0.3, 0.4) is 0 Å². The maximum absolute atomic E-state index is 13.4. The lowest BCUT2D eigenvalue weighted by molar-refractivity contribution is -0.134. The smallest absolute Gasteiger partial charge is 0.300 e. The van der Waals surface area contributed by atoms with Gasteiger partial charge in [-0.25, -0.2) is 13.9 Å². The van der Waals surface area contributed by atoms with Crippen LogP contribution in [0.5, 0.6) is 5.75 Å². The Kier molecular flexibility index (Phi) is 13.1. The average molecular weight is 634 g/mol. The van der Waals surface area contributed by atoms with E-state index in [2.05, 4.69) is 16.3 Å². The molecular weight excluding hydrogens is 594 g/mol. The Morgan fingerprint density at radius 3 is 2.32 bits per heavy atom. The van der Waals surface area contributed by atoms with Crippen molar-refractivity contribution in [2.24, 2.45) is 0 Å². The highest BCUT2D eigenvalue weighted by molar-refractivity contribution is 7.89. The Bertz CT molecular complexity index is 1500. The zero-order valence-electron chi connectivity index (χ0n) is 24.8. The van der Waals surface area contributed by atoms with E-state index in [9.17, 15) is 13.2 Å². The van der Waals surface area contributed by atoms with Gasteiger partial charge in [0.15, 0.2) is 0 Å². The standard InChI is InChI=1S/C26H32N4O5S.C2H4O2.CH3NO2/c1-34-20-6-8-21(9-7-20)36(32,33)29-12-10-23-22-4-2-3-5-24(22)30(25(23)18-29)19-26(31)27-11-13-28-14-16-35-17-15-28;1-2(3)4;3-1-2-4/h2-9H,10-19H2,1H3,(H,27,31);1H3,(H,3,4);1,4H,(H,2,3). The highest BCUT2D eigenvalue weighted by Gasteiger charge is 2.32. The number of para-hydroxylation sites is 1. The fourth-order valence-corrected chi connectivity index (χ4v) is 6.43. The molecule has 3 heterocycles. The van der Waals surface area contributed by atoms with E-state index in [1.54, 1.807) is 31.4 Å². The number of ether oxygens (including phenoxy) is 2. The van der Waals surface area contributed by atoms with Crippen LogP contribution in [-0.4, -0.2) is 104 Å². The molecule has 240 valence electrons. The summed E-state index contributed by atoms with van der Waals surface area (Å²) in [5, 5.41) is 18.8. The van der Waals surface area contributed by atoms with E-state index >= 15 is 0 Å². The predicted molar refractivity (Wildman–Crippen MR) is 161 cm³/mol. The van der Waals surface area contributed by atoms with Crippen LogP contribution < -0.4 is 15.5 Å². The van der Waals surface area contributed by atoms with Crippen LogP contribution in [0, 0.1) is 0 Å². The predicted octanol–water partition coefficient (Wildman–Crippen LogP) is 1.06. The molecule has 2 amide bonds. The van der Waals surface area contributed by atoms with Crippen molar-refractivity contribution in [3.63, 3.8) is 0 Å². The van der Waals surface area contributed by atoms with E-state index in [4.69, 9.17) is 29.4 Å². The van der Waals surface area contributed by atoms with Gasteiger partial charge in [0.2, 0.25) is 22.3 Å². The summed E-state index contributed by atoms with van der Waals surface area (Å²) in [6, 6.07) is 14.4. The second-order valence-electron chi connectivity index (χ2n) is 9.86. The number of nitrogens with one attached hydrogen (secondary N) is 2. The molecule has 5 rings (SSSR count). The van der Waals surface area contributed by atoms with Crippen LogP contribution in [0.1, 0.15) is 18.2 Å². The van der Waals surface area contributed by atoms with Gasteiger partial charge in [-0.1, -0.05) is 18.2 Å². The van der Waals surface area contributed by atoms with Crippen molar-refractivity contribution in [3.8, 4) is 5.75 Å². The molecule has 44 heavy (non-hydrogen) atoms. The molecule has 2 aliphatic rings. The zero-order valence-corrected chi connectivity index (χ0v) is 25.6. The SMILES string of the molecule is CC(=O)O.COc1ccc(S(=O)(=O)N2CCc3c(n(CC(=O)NCCN4CCOCC4)c4ccccc34)C2)cc1.O=CNO. The van der Waals surface area contributed by atoms with Crippen LogP contribution in [0.15, 0.2) is 53.4 Å². The summed E-state index contributed by atoms with van der Waals surface area (Å²) in [5.41, 5.74) is 4.20. The summed E-state index contributed by atoms with van der Waals surface area (Å²) < 4.78 is 40.9. The highest BCUT2D eigenvalue weighted by atomic mass is 32.2. The molecule has 4 N–H and O–H groups in total. The number of nitrogens with zero attached hydrogens (tertiary/aromatic N) is 3. The van der Waals surface area contributed by atoms with Crippen LogP contribution in [0.25, 0.3) is 10.9 Å². The first-order valence-electron chi connectivity index (χ1n) is 13.9. The van der Waals surface area contributed by atoms with Crippen molar-refractivity contribution >= 4 is 39.2 Å². The molecule has 1 aromatic heterocycles. The molecule has 14 nitrogen and oxygen atoms in total. The Morgan fingerprint density at radius 2 is 1.70 bits per heavy atom. The maximum atomic E-state index is 13.4. The Hall–Kier alpha value is -4.02. The number of sulfonamides is 1. The molecule has 1 saturated heterocycles. The van der Waals surface area contributed by atoms with E-state index in [0.717, 1.165) is 61.9 Å². The van der Waals surface area contributed by atoms with E-state index in [1.165, 1.54) is 9.79 Å². The fourth-order valence-electron chi connectivity index (χ4n) is 5.03. The van der Waals surface area contributed by atoms with Crippen LogP contribution in [0.4, 0.5) is 0 Å². The van der Waals surface area contributed by atoms with Crippen LogP contribution in [-0.2, 0) is 48.7 Å². The van der Waals surface area contributed by atoms with Crippen molar-refractivity contribution in [3.05, 3.63) is 59.8 Å². The number of carboxylic acids is 1. The van der Waals surface area contributed by atoms with E-state index in [0.29, 0.717) is 25.3 Å². The molecule has 2 aromatic carbocycles. The number of hydrogen-bond donors (Lipinski definition) is 4. The molecule has 0 aliphatic carbocycles. The first-order valence-corrected chi connectivity index (χ1v) is 15.4. The fraction of sp³-hybridized carbons (Fsp3) is 0.414. The number of benzene rings is 2. The minimum atomic E-state index is -3.69. The molecule has 0 spiro atoms. The summed E-state index contributed by atoms with van der Waals surface area (Å²) >= 11 is 0. The topological polar surface area (TPSA) is 180 Å². The minimum Gasteiger partial charge on any atom is -0.497 e. The molecule has 0 bridgehead atoms. The first-order chi connectivity index (χ1) is 21.1. The molecule has 3 aromatic rings. The van der Waals surface area contributed by atoms with E-state index in [1.807, 2.05) is 22.8 Å². The van der Waals surface area contributed by atoms with E-state index < -0.39 is 16.0 Å². The minimum absolute atomic E-state index is 0.0815. The first kappa shape index (κ1) is 34.5. The molecule has 0 atom stereocenters. The lowest BCUT2D eigenvalue weighted by Gasteiger charge is -2.28. The largest absolute Gasteiger partial charge is 0.497 e. The second kappa shape index (κ2) is 16.7. The third kappa shape index (κ3) is 9.24. The average Bonchev–Trinajstić information content (AvgIpc) is 3.34. The third-order valence-electron chi connectivity index (χ3n) is 7.04. The van der Waals surface area contributed by atoms with Gasteiger partial charge < -0.3 is 24.5 Å². The number of carbonyl (C=O) groups is 3. The Labute approximate surface area is 256 Å². The van der Waals surface area contributed by atoms with Gasteiger partial charge >= 0.3 is 0 Å². The van der Waals surface area contributed by atoms with Crippen molar-refractivity contribution < 1.29 is 42.6 Å². The van der Waals surface area contributed by atoms with E-state index in [-0.39, 0.29) is 30.3 Å². The van der Waals surface area contributed by atoms with Gasteiger partial charge in [0.1, 0.15) is 12.3 Å². The number of carbonyl (C=O) groups excluding carboxylic acids is 2. The number of aromatic nitrogens is 1. The van der Waals surface area contributed by atoms with Crippen molar-refractivity contribution in [2.75, 3.05) is 53.0 Å². The van der Waals surface area contributed by atoms with Gasteiger partial charge in [-0.3, -0.25) is 24.5 Å². The molecular formula is C29H39N5O9S. The molecule has 0 unspecified atom stereocenters. The quantitative estimate of drug-likeness (QED) is 0.151. The summed E-state index contributed by atoms with van der Waals surface area (Å²) in [5.74, 6) is -0.309. The summed E-state index contributed by atoms with van der Waals surface area (Å²) in [7, 11) is -2.14. The van der Waals surface area contributed by atoms with Gasteiger partial charge in [0, 0.05) is 56.2 Å². The number of methoxy groups -OCH3 is 1. The van der Waals surface area contributed by atoms with Gasteiger partial charge in [-0.15, -0.1) is 0 Å². The molecule has 15 heteroatoms. The Balaban J connectivity index is 0.000000592. The number of morpholine rings is 1. The number of carboxylic acid groups (broad SMARTS) is 1. The van der Waals surface area contributed by atoms with Gasteiger partial charge in [-0.05, 0) is 42.3 Å². The number of hydrogen-bond acceptors (Lipinski definition) is 9. The number of aliphatic carboxylic acids is 1. The van der Waals surface area contributed by atoms with Crippen LogP contribution >= 0.6 is 0 Å². The summed E-state index contributed by atoms with van der Waals surface area (Å²) in [6.45, 7) is 6.41. The third-order valence-corrected chi connectivity index (χ3v) is 8.90. The number of fused-ring (bicyclic) bond motifs is 3. The summed E-state index contributed by atoms with van der Waals surface area (Å²) in [4.78, 5) is 33.2. The second-order valence-corrected chi connectivity index (χ2v) is 11.8. The lowest BCUT2D eigenvalue weighted by Crippen LogP contribution is -2.42. The van der Waals surface area contributed by atoms with Gasteiger partial charge in [0.25, 0.3) is 5.97 Å². The van der Waals surface area contributed by atoms with Gasteiger partial charge in [-0.2, -0.15) is 4.31 Å². The highest BCUT2D eigenvalue weighted by Crippen LogP contribution is 2.33. The number of hydroxylamine groups is 1. The lowest BCUT2D eigenvalue weighted by atomic mass is 10.0. The van der Waals surface area contributed by atoms with Gasteiger partial charge in [0.05, 0.1) is 31.8 Å². The van der Waals surface area contributed by atoms with Crippen molar-refractivity contribution in [1.82, 2.24) is 24.6 Å².